The summed E-state index contributed by atoms with van der Waals surface area (Å²) in [4.78, 5) is 9.96. The molecule has 1 aliphatic carbocycles. The highest BCUT2D eigenvalue weighted by atomic mass is 32.1. The Kier molecular flexibility index (Phi) is 2.82. The second kappa shape index (κ2) is 4.09. The van der Waals surface area contributed by atoms with Gasteiger partial charge in [0.15, 0.2) is 0 Å². The third kappa shape index (κ3) is 2.32. The smallest absolute Gasteiger partial charge is 0.114 e. The van der Waals surface area contributed by atoms with E-state index in [4.69, 9.17) is 5.73 Å². The van der Waals surface area contributed by atoms with Crippen LogP contribution in [0.5, 0.6) is 0 Å². The van der Waals surface area contributed by atoms with E-state index in [1.807, 2.05) is 6.20 Å². The van der Waals surface area contributed by atoms with Crippen LogP contribution in [0.3, 0.4) is 0 Å². The molecule has 0 aromatic carbocycles. The van der Waals surface area contributed by atoms with Crippen LogP contribution in [-0.4, -0.2) is 10.8 Å². The molecule has 1 heterocycles. The van der Waals surface area contributed by atoms with Crippen molar-refractivity contribution in [2.75, 3.05) is 0 Å². The number of aryl methyl sites for hydroxylation is 1. The van der Waals surface area contributed by atoms with Crippen LogP contribution in [0.25, 0.3) is 0 Å². The first-order valence-electron chi connectivity index (χ1n) is 5.03. The summed E-state index contributed by atoms with van der Waals surface area (Å²) in [6.07, 6.45) is 5.42. The molecule has 1 fully saturated rings. The lowest BCUT2D eigenvalue weighted by Gasteiger charge is -1.94. The van der Waals surface area contributed by atoms with Crippen LogP contribution in [-0.2, 0) is 13.0 Å². The molecule has 1 aromatic rings. The normalized spacial score (nSPS) is 17.4. The Labute approximate surface area is 88.1 Å². The molecule has 0 aliphatic heterocycles. The fraction of sp³-hybridized carbons (Fsp3) is 0.600. The van der Waals surface area contributed by atoms with Gasteiger partial charge in [-0.2, -0.15) is 0 Å². The molecule has 2 rings (SSSR count). The first kappa shape index (κ1) is 9.65. The third-order valence-corrected chi connectivity index (χ3v) is 3.47. The third-order valence-electron chi connectivity index (χ3n) is 2.34. The number of aliphatic imine (C=N–C) groups is 1. The van der Waals surface area contributed by atoms with Gasteiger partial charge in [-0.1, -0.05) is 6.92 Å². The molecule has 0 radical (unpaired) electrons. The van der Waals surface area contributed by atoms with Crippen LogP contribution < -0.4 is 5.73 Å². The summed E-state index contributed by atoms with van der Waals surface area (Å²) in [5, 5.41) is 1.07. The highest BCUT2D eigenvalue weighted by Gasteiger charge is 2.25. The average molecular weight is 209 g/mol. The Hall–Kier alpha value is -0.900. The summed E-state index contributed by atoms with van der Waals surface area (Å²) < 4.78 is 0. The zero-order valence-electron chi connectivity index (χ0n) is 8.36. The largest absolute Gasteiger partial charge is 0.387 e. The lowest BCUT2D eigenvalue weighted by atomic mass is 10.4. The van der Waals surface area contributed by atoms with Crippen LogP contribution in [0.4, 0.5) is 0 Å². The second-order valence-corrected chi connectivity index (χ2v) is 4.79. The van der Waals surface area contributed by atoms with Gasteiger partial charge in [-0.05, 0) is 19.3 Å². The first-order chi connectivity index (χ1) is 6.79. The molecule has 1 saturated carbocycles. The summed E-state index contributed by atoms with van der Waals surface area (Å²) >= 11 is 1.73. The van der Waals surface area contributed by atoms with Crippen molar-refractivity contribution < 1.29 is 0 Å². The van der Waals surface area contributed by atoms with Crippen LogP contribution >= 0.6 is 11.3 Å². The van der Waals surface area contributed by atoms with Crippen LogP contribution in [0.15, 0.2) is 11.2 Å². The van der Waals surface area contributed by atoms with E-state index in [-0.39, 0.29) is 0 Å². The Morgan fingerprint density at radius 3 is 3.07 bits per heavy atom. The van der Waals surface area contributed by atoms with Crippen LogP contribution in [0.2, 0.25) is 0 Å². The van der Waals surface area contributed by atoms with Crippen molar-refractivity contribution in [3.63, 3.8) is 0 Å². The zero-order valence-corrected chi connectivity index (χ0v) is 9.18. The van der Waals surface area contributed by atoms with E-state index in [2.05, 4.69) is 16.9 Å². The Bertz CT molecular complexity index is 339. The minimum absolute atomic E-state index is 0.570. The number of thiazole rings is 1. The molecular weight excluding hydrogens is 194 g/mol. The molecule has 0 spiro atoms. The SMILES string of the molecule is CCc1cnc(CN=C(N)C2CC2)s1. The minimum atomic E-state index is 0.570. The van der Waals surface area contributed by atoms with Gasteiger partial charge in [-0.25, -0.2) is 4.98 Å². The Morgan fingerprint density at radius 1 is 1.71 bits per heavy atom. The summed E-state index contributed by atoms with van der Waals surface area (Å²) in [5.41, 5.74) is 5.79. The predicted octanol–water partition coefficient (Wildman–Crippen LogP) is 1.97. The molecule has 0 bridgehead atoms. The summed E-state index contributed by atoms with van der Waals surface area (Å²) in [7, 11) is 0. The van der Waals surface area contributed by atoms with Gasteiger partial charge in [0.1, 0.15) is 5.01 Å². The van der Waals surface area contributed by atoms with Crippen molar-refractivity contribution in [1.82, 2.24) is 4.98 Å². The molecule has 0 saturated heterocycles. The lowest BCUT2D eigenvalue weighted by molar-refractivity contribution is 0.997. The summed E-state index contributed by atoms with van der Waals surface area (Å²) in [6.45, 7) is 2.80. The molecule has 1 aliphatic rings. The first-order valence-corrected chi connectivity index (χ1v) is 5.84. The number of nitrogens with two attached hydrogens (primary N) is 1. The van der Waals surface area contributed by atoms with Crippen LogP contribution in [0.1, 0.15) is 29.7 Å². The van der Waals surface area contributed by atoms with Crippen molar-refractivity contribution in [2.45, 2.75) is 32.7 Å². The number of hydrogen-bond donors (Lipinski definition) is 1. The summed E-state index contributed by atoms with van der Waals surface area (Å²) in [6, 6.07) is 0. The average Bonchev–Trinajstić information content (AvgIpc) is 2.94. The predicted molar refractivity (Wildman–Crippen MR) is 59.5 cm³/mol. The minimum Gasteiger partial charge on any atom is -0.387 e. The number of hydrogen-bond acceptors (Lipinski definition) is 3. The number of aromatic nitrogens is 1. The maximum atomic E-state index is 5.79. The molecule has 0 unspecified atom stereocenters. The molecule has 1 aromatic heterocycles. The van der Waals surface area contributed by atoms with Gasteiger partial charge in [-0.3, -0.25) is 4.99 Å². The molecule has 0 atom stereocenters. The zero-order chi connectivity index (χ0) is 9.97. The van der Waals surface area contributed by atoms with E-state index in [0.29, 0.717) is 12.5 Å². The fourth-order valence-corrected chi connectivity index (χ4v) is 2.04. The topological polar surface area (TPSA) is 51.3 Å². The monoisotopic (exact) mass is 209 g/mol. The van der Waals surface area contributed by atoms with E-state index >= 15 is 0 Å². The van der Waals surface area contributed by atoms with Gasteiger partial charge < -0.3 is 5.73 Å². The molecule has 76 valence electrons. The van der Waals surface area contributed by atoms with Gasteiger partial charge in [0, 0.05) is 17.0 Å². The van der Waals surface area contributed by atoms with E-state index < -0.39 is 0 Å². The van der Waals surface area contributed by atoms with Crippen molar-refractivity contribution in [2.24, 2.45) is 16.6 Å². The molecule has 3 nitrogen and oxygen atoms in total. The fourth-order valence-electron chi connectivity index (χ4n) is 1.25. The van der Waals surface area contributed by atoms with Gasteiger partial charge in [-0.15, -0.1) is 11.3 Å². The van der Waals surface area contributed by atoms with E-state index in [1.165, 1.54) is 17.7 Å². The van der Waals surface area contributed by atoms with Gasteiger partial charge >= 0.3 is 0 Å². The summed E-state index contributed by atoms with van der Waals surface area (Å²) in [5.74, 6) is 1.39. The molecule has 0 amide bonds. The van der Waals surface area contributed by atoms with Gasteiger partial charge in [0.05, 0.1) is 12.4 Å². The van der Waals surface area contributed by atoms with E-state index in [1.54, 1.807) is 11.3 Å². The van der Waals surface area contributed by atoms with Gasteiger partial charge in [0.2, 0.25) is 0 Å². The number of nitrogens with zero attached hydrogens (tertiary/aromatic N) is 2. The second-order valence-electron chi connectivity index (χ2n) is 3.59. The molecular formula is C10H15N3S. The van der Waals surface area contributed by atoms with Crippen molar-refractivity contribution in [3.8, 4) is 0 Å². The molecule has 2 N–H and O–H groups in total. The number of rotatable bonds is 4. The standard InChI is InChI=1S/C10H15N3S/c1-2-8-5-12-9(14-8)6-13-10(11)7-3-4-7/h5,7H,2-4,6H2,1H3,(H2,11,13). The maximum Gasteiger partial charge on any atom is 0.114 e. The lowest BCUT2D eigenvalue weighted by Crippen LogP contribution is -2.13. The van der Waals surface area contributed by atoms with Crippen LogP contribution in [0, 0.1) is 5.92 Å². The molecule has 4 heteroatoms. The van der Waals surface area contributed by atoms with Crippen molar-refractivity contribution in [1.29, 1.82) is 0 Å². The number of amidine groups is 1. The van der Waals surface area contributed by atoms with Crippen molar-refractivity contribution >= 4 is 17.2 Å². The Morgan fingerprint density at radius 2 is 2.50 bits per heavy atom. The maximum absolute atomic E-state index is 5.79. The van der Waals surface area contributed by atoms with E-state index in [9.17, 15) is 0 Å². The highest BCUT2D eigenvalue weighted by molar-refractivity contribution is 7.11. The van der Waals surface area contributed by atoms with E-state index in [0.717, 1.165) is 17.3 Å². The Balaban J connectivity index is 1.93. The quantitative estimate of drug-likeness (QED) is 0.609. The van der Waals surface area contributed by atoms with Crippen molar-refractivity contribution in [3.05, 3.63) is 16.1 Å². The van der Waals surface area contributed by atoms with Gasteiger partial charge in [0.25, 0.3) is 0 Å². The highest BCUT2D eigenvalue weighted by Crippen LogP contribution is 2.29. The molecule has 14 heavy (non-hydrogen) atoms.